The van der Waals surface area contributed by atoms with Gasteiger partial charge in [0.1, 0.15) is 4.90 Å². The summed E-state index contributed by atoms with van der Waals surface area (Å²) in [7, 11) is -3.75. The highest BCUT2D eigenvalue weighted by Gasteiger charge is 2.26. The van der Waals surface area contributed by atoms with Crippen molar-refractivity contribution in [1.82, 2.24) is 10.0 Å². The van der Waals surface area contributed by atoms with Crippen LogP contribution in [0.3, 0.4) is 0 Å². The van der Waals surface area contributed by atoms with E-state index in [4.69, 9.17) is 34.8 Å². The van der Waals surface area contributed by atoms with E-state index in [0.717, 1.165) is 19.4 Å². The Labute approximate surface area is 139 Å². The Kier molecular flexibility index (Phi) is 6.86. The highest BCUT2D eigenvalue weighted by Crippen LogP contribution is 2.32. The van der Waals surface area contributed by atoms with Gasteiger partial charge >= 0.3 is 0 Å². The molecule has 0 saturated carbocycles. The van der Waals surface area contributed by atoms with E-state index in [-0.39, 0.29) is 33.4 Å². The molecular weight excluding hydrogens is 366 g/mol. The van der Waals surface area contributed by atoms with Crippen LogP contribution in [0.1, 0.15) is 12.8 Å². The SMILES string of the molecule is Cl.O=S(=O)(N[C@H]1CCCNC1)c1c(Cl)cc(Cl)cc1Cl. The van der Waals surface area contributed by atoms with E-state index in [1.54, 1.807) is 0 Å². The molecule has 114 valence electrons. The molecule has 2 N–H and O–H groups in total. The molecule has 1 aromatic rings. The highest BCUT2D eigenvalue weighted by molar-refractivity contribution is 7.89. The van der Waals surface area contributed by atoms with Crippen molar-refractivity contribution in [2.45, 2.75) is 23.8 Å². The first-order valence-corrected chi connectivity index (χ1v) is 8.39. The van der Waals surface area contributed by atoms with Crippen molar-refractivity contribution in [2.24, 2.45) is 0 Å². The molecule has 9 heteroatoms. The van der Waals surface area contributed by atoms with E-state index in [2.05, 4.69) is 10.0 Å². The Hall–Kier alpha value is 0.250. The quantitative estimate of drug-likeness (QED) is 0.848. The van der Waals surface area contributed by atoms with Crippen LogP contribution in [0.5, 0.6) is 0 Å². The largest absolute Gasteiger partial charge is 0.315 e. The van der Waals surface area contributed by atoms with Crippen LogP contribution < -0.4 is 10.0 Å². The molecule has 0 aliphatic carbocycles. The fourth-order valence-electron chi connectivity index (χ4n) is 2.02. The Balaban J connectivity index is 0.00000200. The number of halogens is 4. The van der Waals surface area contributed by atoms with Gasteiger partial charge in [0.2, 0.25) is 10.0 Å². The van der Waals surface area contributed by atoms with Crippen molar-refractivity contribution in [2.75, 3.05) is 13.1 Å². The van der Waals surface area contributed by atoms with Crippen molar-refractivity contribution < 1.29 is 8.42 Å². The maximum Gasteiger partial charge on any atom is 0.243 e. The van der Waals surface area contributed by atoms with Gasteiger partial charge in [-0.2, -0.15) is 0 Å². The molecule has 1 heterocycles. The van der Waals surface area contributed by atoms with E-state index in [1.807, 2.05) is 0 Å². The summed E-state index contributed by atoms with van der Waals surface area (Å²) in [4.78, 5) is -0.120. The second-order valence-electron chi connectivity index (χ2n) is 4.36. The van der Waals surface area contributed by atoms with Gasteiger partial charge in [-0.25, -0.2) is 13.1 Å². The average molecular weight is 380 g/mol. The number of benzene rings is 1. The molecule has 1 aliphatic heterocycles. The van der Waals surface area contributed by atoms with Crippen molar-refractivity contribution in [3.05, 3.63) is 27.2 Å². The van der Waals surface area contributed by atoms with Crippen molar-refractivity contribution in [3.8, 4) is 0 Å². The lowest BCUT2D eigenvalue weighted by Gasteiger charge is -2.24. The number of hydrogen-bond donors (Lipinski definition) is 2. The summed E-state index contributed by atoms with van der Waals surface area (Å²) in [6.45, 7) is 1.50. The third-order valence-corrected chi connectivity index (χ3v) is 5.51. The molecule has 0 aromatic heterocycles. The zero-order valence-electron chi connectivity index (χ0n) is 10.3. The lowest BCUT2D eigenvalue weighted by molar-refractivity contribution is 0.428. The maximum absolute atomic E-state index is 12.3. The predicted molar refractivity (Wildman–Crippen MR) is 84.9 cm³/mol. The van der Waals surface area contributed by atoms with Gasteiger partial charge < -0.3 is 5.32 Å². The second-order valence-corrected chi connectivity index (χ2v) is 7.26. The molecule has 0 unspecified atom stereocenters. The Bertz CT molecular complexity index is 551. The number of hydrogen-bond acceptors (Lipinski definition) is 3. The van der Waals surface area contributed by atoms with Crippen molar-refractivity contribution in [3.63, 3.8) is 0 Å². The first kappa shape index (κ1) is 18.3. The normalized spacial score (nSPS) is 19.4. The number of sulfonamides is 1. The van der Waals surface area contributed by atoms with Crippen LogP contribution in [0.15, 0.2) is 17.0 Å². The summed E-state index contributed by atoms with van der Waals surface area (Å²) in [5, 5.41) is 3.48. The third-order valence-electron chi connectivity index (χ3n) is 2.85. The molecule has 20 heavy (non-hydrogen) atoms. The fourth-order valence-corrected chi connectivity index (χ4v) is 4.83. The molecule has 2 rings (SSSR count). The standard InChI is InChI=1S/C11H13Cl3N2O2S.ClH/c12-7-4-9(13)11(10(14)5-7)19(17,18)16-8-2-1-3-15-6-8;/h4-5,8,15-16H,1-3,6H2;1H/t8-;/m0./s1. The molecule has 0 amide bonds. The summed E-state index contributed by atoms with van der Waals surface area (Å²) in [5.41, 5.74) is 0. The maximum atomic E-state index is 12.3. The van der Waals surface area contributed by atoms with Crippen LogP contribution in [0.2, 0.25) is 15.1 Å². The first-order chi connectivity index (χ1) is 8.90. The van der Waals surface area contributed by atoms with Gasteiger partial charge in [0.05, 0.1) is 10.0 Å². The van der Waals surface area contributed by atoms with E-state index < -0.39 is 10.0 Å². The number of nitrogens with one attached hydrogen (secondary N) is 2. The van der Waals surface area contributed by atoms with E-state index in [0.29, 0.717) is 11.6 Å². The van der Waals surface area contributed by atoms with Gasteiger partial charge in [0.15, 0.2) is 0 Å². The minimum atomic E-state index is -3.75. The molecule has 1 fully saturated rings. The zero-order valence-corrected chi connectivity index (χ0v) is 14.2. The van der Waals surface area contributed by atoms with Gasteiger partial charge in [-0.1, -0.05) is 34.8 Å². The van der Waals surface area contributed by atoms with Crippen LogP contribution in [-0.2, 0) is 10.0 Å². The van der Waals surface area contributed by atoms with Gasteiger partial charge in [-0.05, 0) is 31.5 Å². The Morgan fingerprint density at radius 3 is 2.30 bits per heavy atom. The molecule has 1 atom stereocenters. The minimum Gasteiger partial charge on any atom is -0.315 e. The monoisotopic (exact) mass is 378 g/mol. The van der Waals surface area contributed by atoms with Crippen LogP contribution in [0.25, 0.3) is 0 Å². The van der Waals surface area contributed by atoms with Gasteiger partial charge in [0, 0.05) is 17.6 Å². The fraction of sp³-hybridized carbons (Fsp3) is 0.455. The van der Waals surface area contributed by atoms with Crippen molar-refractivity contribution in [1.29, 1.82) is 0 Å². The molecule has 4 nitrogen and oxygen atoms in total. The molecular formula is C11H14Cl4N2O2S. The highest BCUT2D eigenvalue weighted by atomic mass is 35.5. The molecule has 0 bridgehead atoms. The summed E-state index contributed by atoms with van der Waals surface area (Å²) in [6.07, 6.45) is 1.71. The Morgan fingerprint density at radius 2 is 1.80 bits per heavy atom. The number of rotatable bonds is 3. The van der Waals surface area contributed by atoms with E-state index in [9.17, 15) is 8.42 Å². The molecule has 0 radical (unpaired) electrons. The predicted octanol–water partition coefficient (Wildman–Crippen LogP) is 3.10. The average Bonchev–Trinajstić information content (AvgIpc) is 2.27. The summed E-state index contributed by atoms with van der Waals surface area (Å²) < 4.78 is 27.2. The Morgan fingerprint density at radius 1 is 1.20 bits per heavy atom. The van der Waals surface area contributed by atoms with Crippen LogP contribution >= 0.6 is 47.2 Å². The molecule has 1 saturated heterocycles. The smallest absolute Gasteiger partial charge is 0.243 e. The third kappa shape index (κ3) is 4.37. The van der Waals surface area contributed by atoms with Gasteiger partial charge in [-0.15, -0.1) is 12.4 Å². The summed E-state index contributed by atoms with van der Waals surface area (Å²) in [6, 6.07) is 2.58. The molecule has 1 aromatic carbocycles. The first-order valence-electron chi connectivity index (χ1n) is 5.78. The van der Waals surface area contributed by atoms with E-state index >= 15 is 0 Å². The van der Waals surface area contributed by atoms with Crippen LogP contribution in [0.4, 0.5) is 0 Å². The zero-order chi connectivity index (χ0) is 14.0. The molecule has 1 aliphatic rings. The number of piperidine rings is 1. The van der Waals surface area contributed by atoms with Crippen LogP contribution in [0, 0.1) is 0 Å². The molecule has 0 spiro atoms. The van der Waals surface area contributed by atoms with E-state index in [1.165, 1.54) is 12.1 Å². The topological polar surface area (TPSA) is 58.2 Å². The lowest BCUT2D eigenvalue weighted by Crippen LogP contribution is -2.45. The van der Waals surface area contributed by atoms with Crippen LogP contribution in [-0.4, -0.2) is 27.5 Å². The second kappa shape index (κ2) is 7.49. The van der Waals surface area contributed by atoms with Gasteiger partial charge in [-0.3, -0.25) is 0 Å². The van der Waals surface area contributed by atoms with Crippen molar-refractivity contribution >= 4 is 57.2 Å². The summed E-state index contributed by atoms with van der Waals surface area (Å²) >= 11 is 17.6. The minimum absolute atomic E-state index is 0. The lowest BCUT2D eigenvalue weighted by atomic mass is 10.1. The summed E-state index contributed by atoms with van der Waals surface area (Å²) in [5.74, 6) is 0. The van der Waals surface area contributed by atoms with Gasteiger partial charge in [0.25, 0.3) is 0 Å².